The molecule has 1 saturated heterocycles. The summed E-state index contributed by atoms with van der Waals surface area (Å²) in [5, 5.41) is 15.0. The molecule has 0 unspecified atom stereocenters. The molecule has 1 fully saturated rings. The third kappa shape index (κ3) is 3.58. The van der Waals surface area contributed by atoms with Crippen molar-refractivity contribution in [2.24, 2.45) is 5.92 Å². The second kappa shape index (κ2) is 9.49. The van der Waals surface area contributed by atoms with Gasteiger partial charge in [-0.3, -0.25) is 24.5 Å². The Morgan fingerprint density at radius 3 is 2.40 bits per heavy atom. The van der Waals surface area contributed by atoms with Crippen LogP contribution >= 0.6 is 11.6 Å². The van der Waals surface area contributed by atoms with Gasteiger partial charge in [-0.2, -0.15) is 0 Å². The van der Waals surface area contributed by atoms with E-state index in [1.165, 1.54) is 24.3 Å². The van der Waals surface area contributed by atoms with Crippen LogP contribution in [0.4, 0.5) is 11.4 Å². The summed E-state index contributed by atoms with van der Waals surface area (Å²) in [4.78, 5) is 56.5. The number of Topliss-reactive ketones (excluding diaryl/α,β-unsaturated/α-hetero) is 2. The average molecular weight is 576 g/mol. The van der Waals surface area contributed by atoms with Crippen LogP contribution in [0.15, 0.2) is 103 Å². The lowest BCUT2D eigenvalue weighted by Gasteiger charge is -2.38. The quantitative estimate of drug-likeness (QED) is 0.172. The minimum Gasteiger partial charge on any atom is -0.358 e. The monoisotopic (exact) mass is 575 g/mol. The summed E-state index contributed by atoms with van der Waals surface area (Å²) >= 11 is 6.14. The van der Waals surface area contributed by atoms with Crippen LogP contribution < -0.4 is 5.32 Å². The molecular formula is C33H22ClN3O5. The second-order valence-electron chi connectivity index (χ2n) is 10.6. The van der Waals surface area contributed by atoms with E-state index in [-0.39, 0.29) is 17.2 Å². The zero-order valence-corrected chi connectivity index (χ0v) is 22.7. The highest BCUT2D eigenvalue weighted by molar-refractivity contribution is 6.30. The molecule has 1 N–H and O–H groups in total. The first kappa shape index (κ1) is 25.9. The van der Waals surface area contributed by atoms with E-state index in [4.69, 9.17) is 11.6 Å². The van der Waals surface area contributed by atoms with Crippen LogP contribution in [0, 0.1) is 16.0 Å². The number of nitro benzene ring substituents is 1. The number of non-ortho nitro benzene ring substituents is 1. The van der Waals surface area contributed by atoms with E-state index < -0.39 is 39.9 Å². The van der Waals surface area contributed by atoms with E-state index in [0.29, 0.717) is 21.8 Å². The van der Waals surface area contributed by atoms with Gasteiger partial charge in [-0.05, 0) is 53.1 Å². The van der Waals surface area contributed by atoms with Gasteiger partial charge in [0.2, 0.25) is 5.91 Å². The van der Waals surface area contributed by atoms with E-state index in [1.54, 1.807) is 47.5 Å². The van der Waals surface area contributed by atoms with Crippen molar-refractivity contribution in [3.05, 3.63) is 146 Å². The molecule has 3 aliphatic rings. The number of nitrogens with zero attached hydrogens (tertiary/aromatic N) is 2. The minimum atomic E-state index is -1.49. The number of para-hydroxylation sites is 1. The van der Waals surface area contributed by atoms with E-state index in [9.17, 15) is 24.5 Å². The maximum absolute atomic E-state index is 14.7. The molecule has 4 aromatic carbocycles. The van der Waals surface area contributed by atoms with Crippen molar-refractivity contribution < 1.29 is 19.3 Å². The van der Waals surface area contributed by atoms with Gasteiger partial charge in [-0.15, -0.1) is 0 Å². The first-order chi connectivity index (χ1) is 20.3. The molecule has 1 spiro atoms. The number of carbonyl (C=O) groups excluding carboxylic acids is 3. The van der Waals surface area contributed by atoms with Gasteiger partial charge in [0, 0.05) is 40.2 Å². The summed E-state index contributed by atoms with van der Waals surface area (Å²) in [5.74, 6) is -2.46. The van der Waals surface area contributed by atoms with Gasteiger partial charge in [-0.25, -0.2) is 0 Å². The number of carbonyl (C=O) groups is 3. The third-order valence-electron chi connectivity index (χ3n) is 8.59. The molecule has 3 heterocycles. The van der Waals surface area contributed by atoms with Crippen LogP contribution in [0.1, 0.15) is 43.4 Å². The van der Waals surface area contributed by atoms with Crippen LogP contribution in [0.3, 0.4) is 0 Å². The van der Waals surface area contributed by atoms with Crippen LogP contribution in [-0.2, 0) is 10.2 Å². The number of benzene rings is 4. The largest absolute Gasteiger partial charge is 0.358 e. The molecule has 4 atom stereocenters. The fourth-order valence-electron chi connectivity index (χ4n) is 6.90. The fourth-order valence-corrected chi connectivity index (χ4v) is 7.03. The third-order valence-corrected chi connectivity index (χ3v) is 8.84. The number of hydrogen-bond acceptors (Lipinski definition) is 6. The Morgan fingerprint density at radius 2 is 1.62 bits per heavy atom. The van der Waals surface area contributed by atoms with Crippen molar-refractivity contribution in [1.82, 2.24) is 4.90 Å². The Bertz CT molecular complexity index is 1850. The van der Waals surface area contributed by atoms with Gasteiger partial charge in [-0.1, -0.05) is 66.2 Å². The lowest BCUT2D eigenvalue weighted by Crippen LogP contribution is -2.49. The SMILES string of the molecule is O=C(c1cccc([N+](=O)[O-])c1)[C@@H]1[C@H](C(=O)c2ccc(Cl)cc2)[C@@]2(C(=O)Nc3ccccc32)[C@H]2c3ccccc3C=CN12. The van der Waals surface area contributed by atoms with Crippen LogP contribution in [-0.4, -0.2) is 33.3 Å². The van der Waals surface area contributed by atoms with E-state index in [1.807, 2.05) is 42.5 Å². The molecular weight excluding hydrogens is 554 g/mol. The Morgan fingerprint density at radius 1 is 0.881 bits per heavy atom. The summed E-state index contributed by atoms with van der Waals surface area (Å²) < 4.78 is 0. The molecule has 206 valence electrons. The molecule has 4 aromatic rings. The van der Waals surface area contributed by atoms with Crippen molar-refractivity contribution in [2.45, 2.75) is 17.5 Å². The Hall–Kier alpha value is -5.08. The van der Waals surface area contributed by atoms with Gasteiger partial charge in [0.1, 0.15) is 11.5 Å². The summed E-state index contributed by atoms with van der Waals surface area (Å²) in [5.41, 5.74) is 1.52. The predicted octanol–water partition coefficient (Wildman–Crippen LogP) is 6.23. The van der Waals surface area contributed by atoms with Gasteiger partial charge < -0.3 is 10.2 Å². The first-order valence-corrected chi connectivity index (χ1v) is 13.7. The normalized spacial score (nSPS) is 23.2. The van der Waals surface area contributed by atoms with E-state index >= 15 is 0 Å². The van der Waals surface area contributed by atoms with Gasteiger partial charge in [0.05, 0.1) is 16.9 Å². The smallest absolute Gasteiger partial charge is 0.270 e. The highest BCUT2D eigenvalue weighted by atomic mass is 35.5. The zero-order valence-electron chi connectivity index (χ0n) is 21.9. The van der Waals surface area contributed by atoms with Crippen LogP contribution in [0.2, 0.25) is 5.02 Å². The molecule has 0 aliphatic carbocycles. The van der Waals surface area contributed by atoms with Gasteiger partial charge in [0.15, 0.2) is 11.6 Å². The highest BCUT2D eigenvalue weighted by Gasteiger charge is 2.70. The summed E-state index contributed by atoms with van der Waals surface area (Å²) in [6.45, 7) is 0. The van der Waals surface area contributed by atoms with E-state index in [0.717, 1.165) is 11.1 Å². The maximum Gasteiger partial charge on any atom is 0.270 e. The Kier molecular flexibility index (Phi) is 5.85. The Balaban J connectivity index is 1.53. The average Bonchev–Trinajstić information content (AvgIpc) is 3.49. The topological polar surface area (TPSA) is 110 Å². The number of nitro groups is 1. The van der Waals surface area contributed by atoms with Crippen molar-refractivity contribution in [2.75, 3.05) is 5.32 Å². The summed E-state index contributed by atoms with van der Waals surface area (Å²) in [7, 11) is 0. The number of anilines is 1. The zero-order chi connectivity index (χ0) is 29.2. The number of ketones is 2. The molecule has 42 heavy (non-hydrogen) atoms. The first-order valence-electron chi connectivity index (χ1n) is 13.4. The van der Waals surface area contributed by atoms with Crippen molar-refractivity contribution in [3.8, 4) is 0 Å². The molecule has 0 radical (unpaired) electrons. The number of amides is 1. The molecule has 8 nitrogen and oxygen atoms in total. The van der Waals surface area contributed by atoms with Gasteiger partial charge in [0.25, 0.3) is 5.69 Å². The molecule has 0 saturated carbocycles. The molecule has 9 heteroatoms. The van der Waals surface area contributed by atoms with Crippen molar-refractivity contribution >= 4 is 46.5 Å². The molecule has 7 rings (SSSR count). The lowest BCUT2D eigenvalue weighted by molar-refractivity contribution is -0.384. The van der Waals surface area contributed by atoms with Crippen molar-refractivity contribution in [3.63, 3.8) is 0 Å². The highest BCUT2D eigenvalue weighted by Crippen LogP contribution is 2.62. The number of rotatable bonds is 5. The second-order valence-corrected chi connectivity index (χ2v) is 11.1. The molecule has 3 aliphatic heterocycles. The predicted molar refractivity (Wildman–Crippen MR) is 157 cm³/mol. The molecule has 0 aromatic heterocycles. The maximum atomic E-state index is 14.7. The van der Waals surface area contributed by atoms with E-state index in [2.05, 4.69) is 5.32 Å². The number of halogens is 1. The summed E-state index contributed by atoms with van der Waals surface area (Å²) in [6.07, 6.45) is 3.62. The van der Waals surface area contributed by atoms with Crippen molar-refractivity contribution in [1.29, 1.82) is 0 Å². The minimum absolute atomic E-state index is 0.0813. The van der Waals surface area contributed by atoms with Crippen LogP contribution in [0.25, 0.3) is 6.08 Å². The number of fused-ring (bicyclic) bond motifs is 6. The number of nitrogens with one attached hydrogen (secondary N) is 1. The standard InChI is InChI=1S/C33H22ClN3O5/c34-22-14-12-20(13-15-22)29(38)27-28(30(39)21-7-5-8-23(18-21)37(41)42)36-17-16-19-6-1-2-9-24(19)31(36)33(27)25-10-3-4-11-26(25)35-32(33)40/h1-18,27-28,31H,(H,35,40)/t27-,28+,31-,33-/m1/s1. The van der Waals surface area contributed by atoms with Crippen LogP contribution in [0.5, 0.6) is 0 Å². The lowest BCUT2D eigenvalue weighted by atomic mass is 9.62. The van der Waals surface area contributed by atoms with Gasteiger partial charge >= 0.3 is 0 Å². The number of hydrogen-bond donors (Lipinski definition) is 1. The molecule has 1 amide bonds. The Labute approximate surface area is 245 Å². The summed E-state index contributed by atoms with van der Waals surface area (Å²) in [6, 6.07) is 24.8. The molecule has 0 bridgehead atoms. The fraction of sp³-hybridized carbons (Fsp3) is 0.121.